The Morgan fingerprint density at radius 1 is 1.06 bits per heavy atom. The Morgan fingerprint density at radius 2 is 1.61 bits per heavy atom. The van der Waals surface area contributed by atoms with Crippen LogP contribution in [0.2, 0.25) is 0 Å². The molecule has 0 aliphatic rings. The molecule has 103 valence electrons. The molecule has 4 nitrogen and oxygen atoms in total. The van der Waals surface area contributed by atoms with E-state index in [9.17, 15) is 4.79 Å². The average Bonchev–Trinajstić information content (AvgIpc) is 2.35. The number of hydrogen-bond donors (Lipinski definition) is 0. The van der Waals surface area contributed by atoms with Gasteiger partial charge in [-0.25, -0.2) is 0 Å². The van der Waals surface area contributed by atoms with Gasteiger partial charge in [-0.2, -0.15) is 0 Å². The average molecular weight is 310 g/mol. The molecule has 0 N–H and O–H groups in total. The molecule has 0 bridgehead atoms. The van der Waals surface area contributed by atoms with Crippen LogP contribution in [0, 0.1) is 12.3 Å². The van der Waals surface area contributed by atoms with Crippen LogP contribution in [0.5, 0.6) is 0 Å². The quantitative estimate of drug-likeness (QED) is 0.299. The van der Waals surface area contributed by atoms with E-state index in [2.05, 4.69) is 18.5 Å². The SMILES string of the molecule is C#CCOCCOCCOCCCC(=O)C[S-].[V]. The van der Waals surface area contributed by atoms with Gasteiger partial charge in [-0.15, -0.1) is 12.2 Å². The molecular formula is C12H19O4SV-. The largest absolute Gasteiger partial charge is 0.785 e. The second kappa shape index (κ2) is 17.0. The Labute approximate surface area is 126 Å². The first-order chi connectivity index (χ1) is 8.31. The van der Waals surface area contributed by atoms with Crippen LogP contribution in [0.15, 0.2) is 0 Å². The number of carbonyl (C=O) groups is 1. The molecule has 0 atom stereocenters. The van der Waals surface area contributed by atoms with Crippen molar-refractivity contribution in [1.29, 1.82) is 0 Å². The smallest absolute Gasteiger partial charge is 0.109 e. The third kappa shape index (κ3) is 16.0. The number of carbonyl (C=O) groups excluding carboxylic acids is 1. The maximum Gasteiger partial charge on any atom is 0.109 e. The first-order valence-corrected chi connectivity index (χ1v) is 6.15. The van der Waals surface area contributed by atoms with Crippen molar-refractivity contribution in [2.75, 3.05) is 45.4 Å². The van der Waals surface area contributed by atoms with Gasteiger partial charge in [-0.1, -0.05) is 5.92 Å². The summed E-state index contributed by atoms with van der Waals surface area (Å²) < 4.78 is 15.5. The molecule has 0 saturated carbocycles. The van der Waals surface area contributed by atoms with Gasteiger partial charge in [0.1, 0.15) is 12.4 Å². The molecule has 18 heavy (non-hydrogen) atoms. The van der Waals surface area contributed by atoms with Crippen LogP contribution in [-0.2, 0) is 50.2 Å². The van der Waals surface area contributed by atoms with Gasteiger partial charge < -0.3 is 31.6 Å². The molecule has 1 radical (unpaired) electrons. The van der Waals surface area contributed by atoms with Crippen molar-refractivity contribution in [2.45, 2.75) is 12.8 Å². The number of ketones is 1. The number of Topliss-reactive ketones (excluding diaryl/α,β-unsaturated/α-hetero) is 1. The Kier molecular flexibility index (Phi) is 19.3. The van der Waals surface area contributed by atoms with Crippen molar-refractivity contribution < 1.29 is 37.6 Å². The van der Waals surface area contributed by atoms with Gasteiger partial charge in [0.2, 0.25) is 0 Å². The van der Waals surface area contributed by atoms with Gasteiger partial charge in [0.05, 0.1) is 26.4 Å². The van der Waals surface area contributed by atoms with Crippen LogP contribution in [0.4, 0.5) is 0 Å². The summed E-state index contributed by atoms with van der Waals surface area (Å²) in [4.78, 5) is 10.9. The standard InChI is InChI=1S/C12H20O4S.V/c1-2-5-14-7-9-16-10-8-15-6-3-4-12(13)11-17;/h1,17H,3-11H2;/p-1. The topological polar surface area (TPSA) is 44.8 Å². The number of rotatable bonds is 12. The molecule has 0 aromatic rings. The molecule has 0 heterocycles. The van der Waals surface area contributed by atoms with Gasteiger partial charge in [0, 0.05) is 31.6 Å². The van der Waals surface area contributed by atoms with Gasteiger partial charge in [-0.05, 0) is 6.42 Å². The second-order valence-electron chi connectivity index (χ2n) is 3.27. The monoisotopic (exact) mass is 310 g/mol. The van der Waals surface area contributed by atoms with E-state index in [4.69, 9.17) is 20.6 Å². The fourth-order valence-electron chi connectivity index (χ4n) is 1.01. The molecule has 0 unspecified atom stereocenters. The Bertz CT molecular complexity index is 231. The van der Waals surface area contributed by atoms with E-state index in [0.29, 0.717) is 46.1 Å². The van der Waals surface area contributed by atoms with Crippen LogP contribution in [-0.4, -0.2) is 51.2 Å². The van der Waals surface area contributed by atoms with Gasteiger partial charge in [0.25, 0.3) is 0 Å². The third-order valence-corrected chi connectivity index (χ3v) is 2.16. The molecule has 6 heteroatoms. The molecule has 0 aromatic carbocycles. The number of hydrogen-bond acceptors (Lipinski definition) is 5. The summed E-state index contributed by atoms with van der Waals surface area (Å²) in [5.41, 5.74) is 0. The molecule has 0 saturated heterocycles. The van der Waals surface area contributed by atoms with E-state index in [-0.39, 0.29) is 30.1 Å². The summed E-state index contributed by atoms with van der Waals surface area (Å²) >= 11 is 4.62. The van der Waals surface area contributed by atoms with Gasteiger partial charge in [-0.3, -0.25) is 0 Å². The number of ether oxygens (including phenoxy) is 3. The van der Waals surface area contributed by atoms with Crippen molar-refractivity contribution in [2.24, 2.45) is 0 Å². The van der Waals surface area contributed by atoms with Crippen LogP contribution in [0.3, 0.4) is 0 Å². The van der Waals surface area contributed by atoms with Crippen LogP contribution >= 0.6 is 0 Å². The van der Waals surface area contributed by atoms with E-state index in [1.54, 1.807) is 0 Å². The summed E-state index contributed by atoms with van der Waals surface area (Å²) in [6.45, 7) is 2.94. The van der Waals surface area contributed by atoms with Crippen LogP contribution in [0.1, 0.15) is 12.8 Å². The molecule has 0 amide bonds. The van der Waals surface area contributed by atoms with E-state index in [1.807, 2.05) is 0 Å². The van der Waals surface area contributed by atoms with Crippen molar-refractivity contribution in [3.8, 4) is 12.3 Å². The maximum atomic E-state index is 10.9. The minimum absolute atomic E-state index is 0. The summed E-state index contributed by atoms with van der Waals surface area (Å²) in [5.74, 6) is 2.67. The molecular weight excluding hydrogens is 291 g/mol. The van der Waals surface area contributed by atoms with Crippen molar-refractivity contribution in [1.82, 2.24) is 0 Å². The number of terminal acetylenes is 1. The molecule has 0 fully saturated rings. The fourth-order valence-corrected chi connectivity index (χ4v) is 1.16. The van der Waals surface area contributed by atoms with Crippen LogP contribution in [0.25, 0.3) is 0 Å². The van der Waals surface area contributed by atoms with Crippen molar-refractivity contribution in [3.63, 3.8) is 0 Å². The predicted octanol–water partition coefficient (Wildman–Crippen LogP) is 0.563. The first kappa shape index (κ1) is 20.4. The van der Waals surface area contributed by atoms with Crippen molar-refractivity contribution >= 4 is 18.4 Å². The van der Waals surface area contributed by atoms with Gasteiger partial charge >= 0.3 is 0 Å². The predicted molar refractivity (Wildman–Crippen MR) is 67.8 cm³/mol. The summed E-state index contributed by atoms with van der Waals surface area (Å²) in [6, 6.07) is 0. The minimum atomic E-state index is 0. The Hall–Kier alpha value is 0.0444. The minimum Gasteiger partial charge on any atom is -0.785 e. The first-order valence-electron chi connectivity index (χ1n) is 5.57. The molecule has 0 aromatic heterocycles. The molecule has 0 aliphatic carbocycles. The summed E-state index contributed by atoms with van der Waals surface area (Å²) in [7, 11) is 0. The zero-order valence-corrected chi connectivity index (χ0v) is 12.6. The fraction of sp³-hybridized carbons (Fsp3) is 0.750. The van der Waals surface area contributed by atoms with E-state index in [0.717, 1.165) is 6.42 Å². The zero-order valence-electron chi connectivity index (χ0n) is 10.4. The van der Waals surface area contributed by atoms with E-state index >= 15 is 0 Å². The maximum absolute atomic E-state index is 10.9. The van der Waals surface area contributed by atoms with E-state index < -0.39 is 0 Å². The van der Waals surface area contributed by atoms with Crippen LogP contribution < -0.4 is 0 Å². The Morgan fingerprint density at radius 3 is 2.17 bits per heavy atom. The molecule has 0 rings (SSSR count). The zero-order chi connectivity index (χ0) is 12.8. The Balaban J connectivity index is 0. The third-order valence-electron chi connectivity index (χ3n) is 1.83. The summed E-state index contributed by atoms with van der Waals surface area (Å²) in [5, 5.41) is 0. The molecule has 0 spiro atoms. The molecule has 0 aliphatic heterocycles. The normalized spacial score (nSPS) is 9.56. The van der Waals surface area contributed by atoms with E-state index in [1.165, 1.54) is 0 Å². The summed E-state index contributed by atoms with van der Waals surface area (Å²) in [6.07, 6.45) is 6.23. The van der Waals surface area contributed by atoms with Gasteiger partial charge in [0.15, 0.2) is 0 Å². The second-order valence-corrected chi connectivity index (χ2v) is 3.56. The van der Waals surface area contributed by atoms with Crippen molar-refractivity contribution in [3.05, 3.63) is 0 Å².